The number of benzene rings is 1. The van der Waals surface area contributed by atoms with E-state index in [1.807, 2.05) is 42.7 Å². The van der Waals surface area contributed by atoms with E-state index in [2.05, 4.69) is 15.5 Å². The van der Waals surface area contributed by atoms with Gasteiger partial charge in [-0.05, 0) is 38.3 Å². The first-order valence-corrected chi connectivity index (χ1v) is 9.18. The molecule has 0 radical (unpaired) electrons. The lowest BCUT2D eigenvalue weighted by atomic mass is 10.2. The van der Waals surface area contributed by atoms with Crippen molar-refractivity contribution in [2.24, 2.45) is 0 Å². The van der Waals surface area contributed by atoms with Gasteiger partial charge in [-0.3, -0.25) is 4.79 Å². The molecule has 1 aromatic carbocycles. The molecule has 1 N–H and O–H groups in total. The molecular formula is C17H22N4O2S. The number of amides is 1. The smallest absolute Gasteiger partial charge is 0.230 e. The highest BCUT2D eigenvalue weighted by atomic mass is 32.2. The highest BCUT2D eigenvalue weighted by Gasteiger charge is 2.23. The fourth-order valence-corrected chi connectivity index (χ4v) is 3.17. The Bertz CT molecular complexity index is 712. The molecule has 2 aromatic rings. The predicted molar refractivity (Wildman–Crippen MR) is 93.1 cm³/mol. The molecule has 6 nitrogen and oxygen atoms in total. The van der Waals surface area contributed by atoms with Gasteiger partial charge in [-0.25, -0.2) is 0 Å². The zero-order chi connectivity index (χ0) is 16.9. The van der Waals surface area contributed by atoms with E-state index in [9.17, 15) is 4.79 Å². The summed E-state index contributed by atoms with van der Waals surface area (Å²) in [6, 6.07) is 8.28. The SMILES string of the molecule is CCn1c(COc2ccccc2C)nnc1SCC(=O)NC1CC1. The van der Waals surface area contributed by atoms with Gasteiger partial charge in [0.25, 0.3) is 0 Å². The minimum atomic E-state index is 0.0610. The average molecular weight is 346 g/mol. The monoisotopic (exact) mass is 346 g/mol. The van der Waals surface area contributed by atoms with Gasteiger partial charge in [-0.2, -0.15) is 0 Å². The quantitative estimate of drug-likeness (QED) is 0.744. The summed E-state index contributed by atoms with van der Waals surface area (Å²) < 4.78 is 7.85. The van der Waals surface area contributed by atoms with Gasteiger partial charge < -0.3 is 14.6 Å². The number of aryl methyl sites for hydroxylation is 1. The van der Waals surface area contributed by atoms with E-state index < -0.39 is 0 Å². The van der Waals surface area contributed by atoms with E-state index in [0.717, 1.165) is 41.7 Å². The van der Waals surface area contributed by atoms with Crippen molar-refractivity contribution in [2.45, 2.75) is 51.0 Å². The van der Waals surface area contributed by atoms with Crippen LogP contribution in [0, 0.1) is 6.92 Å². The Morgan fingerprint density at radius 1 is 1.38 bits per heavy atom. The number of carbonyl (C=O) groups is 1. The Kier molecular flexibility index (Phi) is 5.40. The molecule has 0 aliphatic heterocycles. The van der Waals surface area contributed by atoms with Crippen molar-refractivity contribution < 1.29 is 9.53 Å². The number of thioether (sulfide) groups is 1. The first-order chi connectivity index (χ1) is 11.7. The highest BCUT2D eigenvalue weighted by Crippen LogP contribution is 2.22. The molecule has 1 aliphatic carbocycles. The van der Waals surface area contributed by atoms with Gasteiger partial charge in [-0.15, -0.1) is 10.2 Å². The molecule has 0 spiro atoms. The molecule has 128 valence electrons. The van der Waals surface area contributed by atoms with Crippen LogP contribution < -0.4 is 10.1 Å². The van der Waals surface area contributed by atoms with Crippen LogP contribution in [0.25, 0.3) is 0 Å². The number of hydrogen-bond donors (Lipinski definition) is 1. The molecule has 1 aromatic heterocycles. The molecule has 0 atom stereocenters. The summed E-state index contributed by atoms with van der Waals surface area (Å²) in [5.41, 5.74) is 1.09. The van der Waals surface area contributed by atoms with Gasteiger partial charge in [0.2, 0.25) is 5.91 Å². The molecule has 0 bridgehead atoms. The molecule has 24 heavy (non-hydrogen) atoms. The van der Waals surface area contributed by atoms with Gasteiger partial charge in [0.15, 0.2) is 11.0 Å². The second-order valence-corrected chi connectivity index (χ2v) is 6.77. The summed E-state index contributed by atoms with van der Waals surface area (Å²) in [6.07, 6.45) is 2.20. The van der Waals surface area contributed by atoms with Crippen molar-refractivity contribution in [3.8, 4) is 5.75 Å². The van der Waals surface area contributed by atoms with E-state index in [4.69, 9.17) is 4.74 Å². The summed E-state index contributed by atoms with van der Waals surface area (Å²) in [5, 5.41) is 12.2. The Morgan fingerprint density at radius 2 is 2.17 bits per heavy atom. The van der Waals surface area contributed by atoms with Crippen molar-refractivity contribution in [1.29, 1.82) is 0 Å². The Labute approximate surface area is 146 Å². The summed E-state index contributed by atoms with van der Waals surface area (Å²) in [6.45, 7) is 5.15. The maximum atomic E-state index is 11.8. The fourth-order valence-electron chi connectivity index (χ4n) is 2.34. The lowest BCUT2D eigenvalue weighted by Gasteiger charge is -2.10. The van der Waals surface area contributed by atoms with E-state index in [1.165, 1.54) is 11.8 Å². The molecule has 7 heteroatoms. The largest absolute Gasteiger partial charge is 0.485 e. The van der Waals surface area contributed by atoms with Crippen LogP contribution in [0.2, 0.25) is 0 Å². The van der Waals surface area contributed by atoms with Crippen LogP contribution in [0.3, 0.4) is 0 Å². The molecule has 1 heterocycles. The number of para-hydroxylation sites is 1. The molecule has 3 rings (SSSR count). The molecule has 0 saturated heterocycles. The van der Waals surface area contributed by atoms with Gasteiger partial charge >= 0.3 is 0 Å². The van der Waals surface area contributed by atoms with Crippen molar-refractivity contribution in [2.75, 3.05) is 5.75 Å². The normalized spacial score (nSPS) is 13.8. The number of carbonyl (C=O) groups excluding carboxylic acids is 1. The first kappa shape index (κ1) is 16.8. The second kappa shape index (κ2) is 7.70. The minimum Gasteiger partial charge on any atom is -0.485 e. The van der Waals surface area contributed by atoms with Crippen LogP contribution in [0.15, 0.2) is 29.4 Å². The summed E-state index contributed by atoms with van der Waals surface area (Å²) in [5.74, 6) is 2.05. The molecule has 0 unspecified atom stereocenters. The topological polar surface area (TPSA) is 69.0 Å². The second-order valence-electron chi connectivity index (χ2n) is 5.83. The zero-order valence-corrected chi connectivity index (χ0v) is 14.8. The van der Waals surface area contributed by atoms with Crippen LogP contribution in [-0.2, 0) is 17.9 Å². The third-order valence-electron chi connectivity index (χ3n) is 3.83. The molecule has 1 aliphatic rings. The van der Waals surface area contributed by atoms with Crippen LogP contribution in [0.1, 0.15) is 31.2 Å². The number of ether oxygens (including phenoxy) is 1. The fraction of sp³-hybridized carbons (Fsp3) is 0.471. The Hall–Kier alpha value is -2.02. The van der Waals surface area contributed by atoms with Crippen molar-refractivity contribution in [3.63, 3.8) is 0 Å². The van der Waals surface area contributed by atoms with Crippen molar-refractivity contribution >= 4 is 17.7 Å². The van der Waals surface area contributed by atoms with Crippen LogP contribution in [0.4, 0.5) is 0 Å². The van der Waals surface area contributed by atoms with E-state index in [0.29, 0.717) is 18.4 Å². The van der Waals surface area contributed by atoms with Crippen LogP contribution in [-0.4, -0.2) is 32.5 Å². The van der Waals surface area contributed by atoms with Crippen LogP contribution in [0.5, 0.6) is 5.75 Å². The van der Waals surface area contributed by atoms with Gasteiger partial charge in [0.1, 0.15) is 12.4 Å². The van der Waals surface area contributed by atoms with E-state index >= 15 is 0 Å². The van der Waals surface area contributed by atoms with Gasteiger partial charge in [0.05, 0.1) is 5.75 Å². The van der Waals surface area contributed by atoms with E-state index in [-0.39, 0.29) is 5.91 Å². The maximum Gasteiger partial charge on any atom is 0.230 e. The number of rotatable bonds is 8. The standard InChI is InChI=1S/C17H22N4O2S/c1-3-21-15(10-23-14-7-5-4-6-12(14)2)19-20-17(21)24-11-16(22)18-13-8-9-13/h4-7,13H,3,8-11H2,1-2H3,(H,18,22). The minimum absolute atomic E-state index is 0.0610. The number of hydrogen-bond acceptors (Lipinski definition) is 5. The third kappa shape index (κ3) is 4.29. The molecule has 1 amide bonds. The highest BCUT2D eigenvalue weighted by molar-refractivity contribution is 7.99. The Balaban J connectivity index is 1.59. The van der Waals surface area contributed by atoms with Crippen LogP contribution >= 0.6 is 11.8 Å². The van der Waals surface area contributed by atoms with Crippen molar-refractivity contribution in [1.82, 2.24) is 20.1 Å². The van der Waals surface area contributed by atoms with E-state index in [1.54, 1.807) is 0 Å². The molecule has 1 saturated carbocycles. The number of nitrogens with zero attached hydrogens (tertiary/aromatic N) is 3. The summed E-state index contributed by atoms with van der Waals surface area (Å²) >= 11 is 1.42. The molecular weight excluding hydrogens is 324 g/mol. The van der Waals surface area contributed by atoms with Gasteiger partial charge in [-0.1, -0.05) is 30.0 Å². The summed E-state index contributed by atoms with van der Waals surface area (Å²) in [4.78, 5) is 11.8. The Morgan fingerprint density at radius 3 is 2.88 bits per heavy atom. The maximum absolute atomic E-state index is 11.8. The van der Waals surface area contributed by atoms with Crippen molar-refractivity contribution in [3.05, 3.63) is 35.7 Å². The lowest BCUT2D eigenvalue weighted by molar-refractivity contribution is -0.118. The number of aromatic nitrogens is 3. The molecule has 1 fully saturated rings. The predicted octanol–water partition coefficient (Wildman–Crippen LogP) is 2.56. The third-order valence-corrected chi connectivity index (χ3v) is 4.80. The zero-order valence-electron chi connectivity index (χ0n) is 14.0. The average Bonchev–Trinajstić information content (AvgIpc) is 3.30. The first-order valence-electron chi connectivity index (χ1n) is 8.20. The van der Waals surface area contributed by atoms with Gasteiger partial charge in [0, 0.05) is 12.6 Å². The lowest BCUT2D eigenvalue weighted by Crippen LogP contribution is -2.27. The number of nitrogens with one attached hydrogen (secondary N) is 1. The summed E-state index contributed by atoms with van der Waals surface area (Å²) in [7, 11) is 0.